The Labute approximate surface area is 272 Å². The van der Waals surface area contributed by atoms with E-state index < -0.39 is 0 Å². The second-order valence-corrected chi connectivity index (χ2v) is 13.8. The number of fused-ring (bicyclic) bond motifs is 1. The van der Waals surface area contributed by atoms with Crippen molar-refractivity contribution in [1.29, 1.82) is 0 Å². The van der Waals surface area contributed by atoms with Gasteiger partial charge in [0.15, 0.2) is 0 Å². The van der Waals surface area contributed by atoms with Gasteiger partial charge in [0, 0.05) is 61.4 Å². The highest BCUT2D eigenvalue weighted by molar-refractivity contribution is 6.13. The molecule has 0 bridgehead atoms. The van der Waals surface area contributed by atoms with Crippen molar-refractivity contribution >= 4 is 34.7 Å². The highest BCUT2D eigenvalue weighted by atomic mass is 16.5. The van der Waals surface area contributed by atoms with Crippen molar-refractivity contribution in [3.63, 3.8) is 0 Å². The van der Waals surface area contributed by atoms with E-state index in [0.717, 1.165) is 79.2 Å². The molecule has 2 aromatic carbocycles. The molecule has 0 spiro atoms. The molecule has 6 rings (SSSR count). The van der Waals surface area contributed by atoms with E-state index in [2.05, 4.69) is 24.1 Å². The molecule has 9 nitrogen and oxygen atoms in total. The first kappa shape index (κ1) is 32.4. The van der Waals surface area contributed by atoms with Crippen LogP contribution in [0.5, 0.6) is 0 Å². The maximum atomic E-state index is 13.9. The fraction of sp³-hybridized carbons (Fsp3) is 0.541. The summed E-state index contributed by atoms with van der Waals surface area (Å²) in [4.78, 5) is 42.9. The van der Waals surface area contributed by atoms with Crippen LogP contribution in [0.2, 0.25) is 0 Å². The fourth-order valence-corrected chi connectivity index (χ4v) is 7.74. The van der Waals surface area contributed by atoms with Crippen LogP contribution >= 0.6 is 0 Å². The van der Waals surface area contributed by atoms with E-state index in [-0.39, 0.29) is 48.1 Å². The van der Waals surface area contributed by atoms with Gasteiger partial charge in [-0.25, -0.2) is 0 Å². The number of aryl methyl sites for hydroxylation is 2. The van der Waals surface area contributed by atoms with Crippen molar-refractivity contribution in [2.24, 2.45) is 13.0 Å². The quantitative estimate of drug-likeness (QED) is 0.330. The molecule has 2 aliphatic heterocycles. The lowest BCUT2D eigenvalue weighted by molar-refractivity contribution is -0.133. The smallest absolute Gasteiger partial charge is 0.257 e. The highest BCUT2D eigenvalue weighted by Crippen LogP contribution is 2.30. The van der Waals surface area contributed by atoms with Crippen LogP contribution in [0.25, 0.3) is 10.9 Å². The van der Waals surface area contributed by atoms with Crippen LogP contribution in [0.15, 0.2) is 48.7 Å². The Balaban J connectivity index is 1.12. The standard InChI is InChI=1S/C37H48N4O5/c1-24-15-28(11-14-34(24)38-37(44)33-21-39(4)35-8-6-5-7-32(33)35)16-36(43)41-20-29(40-18-25(2)46-26(3)19-40)17-30(41)23-45-31-12-9-27(22-42)10-13-31/h5-8,11,14-15,21-22,25-27,29-31H,9-10,12-13,16-20,23H2,1-4H3,(H,38,44)/t25-,26+,27-,29-,30-,31-/m0/s1. The molecule has 9 heteroatoms. The van der Waals surface area contributed by atoms with Gasteiger partial charge in [-0.3, -0.25) is 14.5 Å². The Morgan fingerprint density at radius 2 is 1.76 bits per heavy atom. The van der Waals surface area contributed by atoms with E-state index in [0.29, 0.717) is 25.1 Å². The number of morpholine rings is 1. The lowest BCUT2D eigenvalue weighted by Gasteiger charge is -2.38. The van der Waals surface area contributed by atoms with Crippen LogP contribution in [0.4, 0.5) is 5.69 Å². The summed E-state index contributed by atoms with van der Waals surface area (Å²) in [5.74, 6) is 0.101. The highest BCUT2D eigenvalue weighted by Gasteiger charge is 2.40. The lowest BCUT2D eigenvalue weighted by atomic mass is 9.88. The lowest BCUT2D eigenvalue weighted by Crippen LogP contribution is -2.51. The molecule has 246 valence electrons. The van der Waals surface area contributed by atoms with Gasteiger partial charge in [0.2, 0.25) is 5.91 Å². The number of likely N-dealkylation sites (tertiary alicyclic amines) is 1. The van der Waals surface area contributed by atoms with Gasteiger partial charge in [-0.2, -0.15) is 0 Å². The van der Waals surface area contributed by atoms with Gasteiger partial charge in [-0.05, 0) is 76.1 Å². The number of nitrogens with one attached hydrogen (secondary N) is 1. The number of rotatable bonds is 9. The number of ether oxygens (including phenoxy) is 2. The minimum Gasteiger partial charge on any atom is -0.376 e. The maximum absolute atomic E-state index is 13.9. The summed E-state index contributed by atoms with van der Waals surface area (Å²) in [6.07, 6.45) is 8.15. The number of aldehydes is 1. The van der Waals surface area contributed by atoms with Crippen molar-refractivity contribution in [3.05, 3.63) is 65.4 Å². The first-order valence-electron chi connectivity index (χ1n) is 16.9. The zero-order valence-electron chi connectivity index (χ0n) is 27.6. The number of benzene rings is 2. The molecular formula is C37H48N4O5. The molecule has 0 unspecified atom stereocenters. The van der Waals surface area contributed by atoms with Crippen LogP contribution in [-0.4, -0.2) is 89.1 Å². The third kappa shape index (κ3) is 7.22. The first-order chi connectivity index (χ1) is 22.2. The molecule has 2 saturated heterocycles. The van der Waals surface area contributed by atoms with E-state index in [1.807, 2.05) is 72.1 Å². The zero-order chi connectivity index (χ0) is 32.4. The van der Waals surface area contributed by atoms with E-state index in [1.54, 1.807) is 0 Å². The predicted octanol–water partition coefficient (Wildman–Crippen LogP) is 5.13. The molecule has 4 atom stereocenters. The van der Waals surface area contributed by atoms with Gasteiger partial charge in [0.05, 0.1) is 42.9 Å². The topological polar surface area (TPSA) is 93.1 Å². The Hall–Kier alpha value is -3.53. The normalized spacial score (nSPS) is 27.2. The molecule has 3 aromatic rings. The van der Waals surface area contributed by atoms with E-state index in [1.165, 1.54) is 0 Å². The molecule has 1 saturated carbocycles. The van der Waals surface area contributed by atoms with Gasteiger partial charge < -0.3 is 29.1 Å². The van der Waals surface area contributed by atoms with Crippen LogP contribution in [-0.2, 0) is 32.5 Å². The van der Waals surface area contributed by atoms with E-state index in [9.17, 15) is 14.4 Å². The Bertz CT molecular complexity index is 1550. The van der Waals surface area contributed by atoms with Crippen molar-refractivity contribution in [2.75, 3.05) is 31.6 Å². The average molecular weight is 629 g/mol. The van der Waals surface area contributed by atoms with Crippen molar-refractivity contribution < 1.29 is 23.9 Å². The van der Waals surface area contributed by atoms with E-state index >= 15 is 0 Å². The second kappa shape index (κ2) is 14.1. The molecule has 3 aliphatic rings. The summed E-state index contributed by atoms with van der Waals surface area (Å²) in [6.45, 7) is 9.14. The molecule has 1 aliphatic carbocycles. The number of nitrogens with zero attached hydrogens (tertiary/aromatic N) is 3. The summed E-state index contributed by atoms with van der Waals surface area (Å²) in [5, 5.41) is 4.00. The molecule has 1 N–H and O–H groups in total. The molecule has 46 heavy (non-hydrogen) atoms. The predicted molar refractivity (Wildman–Crippen MR) is 179 cm³/mol. The molecule has 3 fully saturated rings. The second-order valence-electron chi connectivity index (χ2n) is 13.8. The fourth-order valence-electron chi connectivity index (χ4n) is 7.74. The number of para-hydroxylation sites is 1. The maximum Gasteiger partial charge on any atom is 0.257 e. The van der Waals surface area contributed by atoms with Gasteiger partial charge in [-0.1, -0.05) is 30.3 Å². The van der Waals surface area contributed by atoms with Gasteiger partial charge in [0.25, 0.3) is 5.91 Å². The first-order valence-corrected chi connectivity index (χ1v) is 16.9. The number of carbonyl (C=O) groups is 3. The monoisotopic (exact) mass is 628 g/mol. The minimum atomic E-state index is -0.152. The SMILES string of the molecule is Cc1cc(CC(=O)N2C[C@@H](N3C[C@@H](C)O[C@@H](C)C3)C[C@H]2CO[C@H]2CC[C@H](C=O)CC2)ccc1NC(=O)c1cn(C)c2ccccc12. The number of hydrogen-bond donors (Lipinski definition) is 1. The van der Waals surface area contributed by atoms with Crippen LogP contribution < -0.4 is 5.32 Å². The number of carbonyl (C=O) groups excluding carboxylic acids is 3. The van der Waals surface area contributed by atoms with Crippen molar-refractivity contribution in [3.8, 4) is 0 Å². The Morgan fingerprint density at radius 1 is 1.02 bits per heavy atom. The minimum absolute atomic E-state index is 0.00936. The zero-order valence-corrected chi connectivity index (χ0v) is 27.6. The number of amides is 2. The summed E-state index contributed by atoms with van der Waals surface area (Å²) >= 11 is 0. The average Bonchev–Trinajstić information content (AvgIpc) is 3.63. The molecular weight excluding hydrogens is 580 g/mol. The van der Waals surface area contributed by atoms with Crippen molar-refractivity contribution in [1.82, 2.24) is 14.4 Å². The van der Waals surface area contributed by atoms with Gasteiger partial charge in [0.1, 0.15) is 6.29 Å². The third-order valence-electron chi connectivity index (χ3n) is 10.1. The van der Waals surface area contributed by atoms with Gasteiger partial charge >= 0.3 is 0 Å². The van der Waals surface area contributed by atoms with Gasteiger partial charge in [-0.15, -0.1) is 0 Å². The number of aromatic nitrogens is 1. The third-order valence-corrected chi connectivity index (χ3v) is 10.1. The largest absolute Gasteiger partial charge is 0.376 e. The molecule has 2 amide bonds. The number of anilines is 1. The van der Waals surface area contributed by atoms with Crippen LogP contribution in [0.3, 0.4) is 0 Å². The van der Waals surface area contributed by atoms with Crippen LogP contribution in [0.1, 0.15) is 67.4 Å². The van der Waals surface area contributed by atoms with Crippen LogP contribution in [0, 0.1) is 12.8 Å². The Morgan fingerprint density at radius 3 is 2.48 bits per heavy atom. The summed E-state index contributed by atoms with van der Waals surface area (Å²) < 4.78 is 14.4. The molecule has 0 radical (unpaired) electrons. The number of hydrogen-bond acceptors (Lipinski definition) is 6. The summed E-state index contributed by atoms with van der Waals surface area (Å²) in [6, 6.07) is 14.0. The van der Waals surface area contributed by atoms with Crippen molar-refractivity contribution in [2.45, 2.75) is 89.7 Å². The molecule has 3 heterocycles. The van der Waals surface area contributed by atoms with E-state index in [4.69, 9.17) is 9.47 Å². The summed E-state index contributed by atoms with van der Waals surface area (Å²) in [7, 11) is 1.94. The summed E-state index contributed by atoms with van der Waals surface area (Å²) in [5.41, 5.74) is 4.22. The molecule has 1 aromatic heterocycles. The Kier molecular flexibility index (Phi) is 9.92.